The van der Waals surface area contributed by atoms with Crippen molar-refractivity contribution in [3.8, 4) is 5.75 Å². The van der Waals surface area contributed by atoms with Crippen molar-refractivity contribution in [2.24, 2.45) is 5.41 Å². The number of pyridine rings is 1. The van der Waals surface area contributed by atoms with Gasteiger partial charge >= 0.3 is 0 Å². The molecule has 0 fully saturated rings. The Bertz CT molecular complexity index is 711. The number of nitrogens with zero attached hydrogens (tertiary/aromatic N) is 1. The van der Waals surface area contributed by atoms with Gasteiger partial charge in [-0.05, 0) is 29.8 Å². The molecule has 2 heterocycles. The molecule has 0 aliphatic carbocycles. The summed E-state index contributed by atoms with van der Waals surface area (Å²) in [6.45, 7) is 3.40. The van der Waals surface area contributed by atoms with Gasteiger partial charge in [0.05, 0.1) is 28.7 Å². The second kappa shape index (κ2) is 7.16. The number of hydrogen-bond acceptors (Lipinski definition) is 6. The summed E-state index contributed by atoms with van der Waals surface area (Å²) in [6, 6.07) is -0.722. The number of carbonyl (C=O) groups excluding carboxylic acids is 2. The molecule has 0 saturated heterocycles. The minimum absolute atomic E-state index is 0.00469. The number of halogens is 1. The molecular weight excluding hydrogens is 382 g/mol. The van der Waals surface area contributed by atoms with Crippen molar-refractivity contribution in [3.05, 3.63) is 26.6 Å². The zero-order valence-electron chi connectivity index (χ0n) is 14.0. The molecule has 8 heteroatoms. The Hall–Kier alpha value is -1.51. The molecule has 7 nitrogen and oxygen atoms in total. The first-order valence-corrected chi connectivity index (χ1v) is 8.17. The molecule has 0 N–H and O–H groups in total. The van der Waals surface area contributed by atoms with Gasteiger partial charge in [0, 0.05) is 19.7 Å². The van der Waals surface area contributed by atoms with Crippen LogP contribution in [0.15, 0.2) is 15.5 Å². The van der Waals surface area contributed by atoms with Crippen molar-refractivity contribution < 1.29 is 23.8 Å². The molecule has 1 aromatic rings. The number of ketones is 1. The Balaban J connectivity index is 2.79. The summed E-state index contributed by atoms with van der Waals surface area (Å²) in [5.74, 6) is -0.0669. The number of methoxy groups -OCH3 is 2. The van der Waals surface area contributed by atoms with Gasteiger partial charge in [0.25, 0.3) is 0 Å². The summed E-state index contributed by atoms with van der Waals surface area (Å²) >= 11 is 3.19. The number of Topliss-reactive ketones (excluding diaryl/α,β-unsaturated/α-hetero) is 1. The lowest BCUT2D eigenvalue weighted by Crippen LogP contribution is -2.46. The zero-order valence-corrected chi connectivity index (χ0v) is 15.6. The van der Waals surface area contributed by atoms with Crippen molar-refractivity contribution in [3.63, 3.8) is 0 Å². The van der Waals surface area contributed by atoms with E-state index < -0.39 is 17.6 Å². The molecule has 2 rings (SSSR count). The summed E-state index contributed by atoms with van der Waals surface area (Å²) in [7, 11) is 2.86. The van der Waals surface area contributed by atoms with Crippen molar-refractivity contribution >= 4 is 28.0 Å². The molecular formula is C16H20BrNO6. The standard InChI is InChI=1S/C16H20BrNO6/c1-16(2)14(21)10(5-6-19)18-7-9(17)12(20)13(23-4)11(18)15(16)24-8-22-3/h6-7,10,15H,5,8H2,1-4H3. The lowest BCUT2D eigenvalue weighted by atomic mass is 9.73. The van der Waals surface area contributed by atoms with Crippen LogP contribution in [0.25, 0.3) is 0 Å². The van der Waals surface area contributed by atoms with Crippen LogP contribution in [-0.2, 0) is 19.1 Å². The van der Waals surface area contributed by atoms with Crippen LogP contribution in [0.3, 0.4) is 0 Å². The average molecular weight is 402 g/mol. The summed E-state index contributed by atoms with van der Waals surface area (Å²) < 4.78 is 17.8. The second-order valence-electron chi connectivity index (χ2n) is 6.09. The van der Waals surface area contributed by atoms with E-state index in [0.29, 0.717) is 12.0 Å². The quantitative estimate of drug-likeness (QED) is 0.535. The molecule has 0 amide bonds. The van der Waals surface area contributed by atoms with Crippen LogP contribution in [0, 0.1) is 5.41 Å². The number of hydrogen-bond donors (Lipinski definition) is 0. The van der Waals surface area contributed by atoms with Crippen LogP contribution < -0.4 is 10.2 Å². The highest BCUT2D eigenvalue weighted by molar-refractivity contribution is 9.10. The lowest BCUT2D eigenvalue weighted by Gasteiger charge is -2.43. The second-order valence-corrected chi connectivity index (χ2v) is 6.94. The van der Waals surface area contributed by atoms with Gasteiger partial charge in [-0.2, -0.15) is 0 Å². The minimum Gasteiger partial charge on any atom is -0.491 e. The molecule has 132 valence electrons. The summed E-state index contributed by atoms with van der Waals surface area (Å²) in [4.78, 5) is 36.4. The number of aldehydes is 1. The molecule has 0 saturated carbocycles. The van der Waals surface area contributed by atoms with Crippen LogP contribution in [0.5, 0.6) is 5.75 Å². The van der Waals surface area contributed by atoms with E-state index in [1.807, 2.05) is 0 Å². The highest BCUT2D eigenvalue weighted by Crippen LogP contribution is 2.48. The lowest BCUT2D eigenvalue weighted by molar-refractivity contribution is -0.158. The van der Waals surface area contributed by atoms with E-state index >= 15 is 0 Å². The van der Waals surface area contributed by atoms with E-state index in [1.54, 1.807) is 18.4 Å². The smallest absolute Gasteiger partial charge is 0.237 e. The fourth-order valence-corrected chi connectivity index (χ4v) is 3.46. The van der Waals surface area contributed by atoms with Gasteiger partial charge < -0.3 is 23.6 Å². The fourth-order valence-electron chi connectivity index (χ4n) is 3.06. The van der Waals surface area contributed by atoms with Gasteiger partial charge in [-0.3, -0.25) is 9.59 Å². The maximum absolute atomic E-state index is 12.9. The van der Waals surface area contributed by atoms with E-state index in [4.69, 9.17) is 14.2 Å². The predicted octanol–water partition coefficient (Wildman–Crippen LogP) is 2.02. The third kappa shape index (κ3) is 2.94. The zero-order chi connectivity index (χ0) is 18.1. The third-order valence-corrected chi connectivity index (χ3v) is 4.80. The van der Waals surface area contributed by atoms with E-state index in [1.165, 1.54) is 20.4 Å². The van der Waals surface area contributed by atoms with Gasteiger partial charge in [-0.1, -0.05) is 0 Å². The van der Waals surface area contributed by atoms with Gasteiger partial charge in [0.2, 0.25) is 5.43 Å². The average Bonchev–Trinajstić information content (AvgIpc) is 2.54. The van der Waals surface area contributed by atoms with E-state index in [2.05, 4.69) is 15.9 Å². The molecule has 24 heavy (non-hydrogen) atoms. The van der Waals surface area contributed by atoms with Crippen molar-refractivity contribution in [2.45, 2.75) is 32.4 Å². The SMILES string of the molecule is COCOC1c2c(OC)c(=O)c(Br)cn2C(CC=O)C(=O)C1(C)C. The van der Waals surface area contributed by atoms with Crippen LogP contribution in [0.1, 0.15) is 38.1 Å². The van der Waals surface area contributed by atoms with Crippen molar-refractivity contribution in [1.29, 1.82) is 0 Å². The molecule has 0 radical (unpaired) electrons. The Kier molecular flexibility index (Phi) is 5.62. The number of rotatable bonds is 6. The predicted molar refractivity (Wildman–Crippen MR) is 89.2 cm³/mol. The maximum atomic E-state index is 12.9. The third-order valence-electron chi connectivity index (χ3n) is 4.24. The van der Waals surface area contributed by atoms with Crippen LogP contribution >= 0.6 is 15.9 Å². The first-order valence-electron chi connectivity index (χ1n) is 7.38. The van der Waals surface area contributed by atoms with Gasteiger partial charge in [-0.15, -0.1) is 0 Å². The maximum Gasteiger partial charge on any atom is 0.237 e. The highest BCUT2D eigenvalue weighted by atomic mass is 79.9. The summed E-state index contributed by atoms with van der Waals surface area (Å²) in [5.41, 5.74) is -0.872. The number of carbonyl (C=O) groups is 2. The Morgan fingerprint density at radius 1 is 1.33 bits per heavy atom. The molecule has 1 aliphatic heterocycles. The summed E-state index contributed by atoms with van der Waals surface area (Å²) in [5, 5.41) is 0. The molecule has 1 aliphatic rings. The molecule has 0 aromatic carbocycles. The summed E-state index contributed by atoms with van der Waals surface area (Å²) in [6.07, 6.45) is 1.45. The first kappa shape index (κ1) is 18.8. The van der Waals surface area contributed by atoms with Gasteiger partial charge in [0.15, 0.2) is 11.5 Å². The van der Waals surface area contributed by atoms with Crippen LogP contribution in [0.4, 0.5) is 0 Å². The minimum atomic E-state index is -0.959. The molecule has 1 aromatic heterocycles. The molecule has 0 bridgehead atoms. The first-order chi connectivity index (χ1) is 11.3. The van der Waals surface area contributed by atoms with Crippen molar-refractivity contribution in [1.82, 2.24) is 4.57 Å². The molecule has 0 spiro atoms. The fraction of sp³-hybridized carbons (Fsp3) is 0.562. The monoisotopic (exact) mass is 401 g/mol. The number of fused-ring (bicyclic) bond motifs is 1. The Morgan fingerprint density at radius 2 is 2.00 bits per heavy atom. The Labute approximate surface area is 148 Å². The highest BCUT2D eigenvalue weighted by Gasteiger charge is 2.50. The normalized spacial score (nSPS) is 22.1. The van der Waals surface area contributed by atoms with Crippen LogP contribution in [-0.4, -0.2) is 37.6 Å². The molecule has 2 atom stereocenters. The number of ether oxygens (including phenoxy) is 3. The van der Waals surface area contributed by atoms with E-state index in [-0.39, 0.29) is 34.6 Å². The number of aromatic nitrogens is 1. The van der Waals surface area contributed by atoms with Gasteiger partial charge in [0.1, 0.15) is 19.2 Å². The van der Waals surface area contributed by atoms with Crippen LogP contribution in [0.2, 0.25) is 0 Å². The van der Waals surface area contributed by atoms with E-state index in [9.17, 15) is 14.4 Å². The topological polar surface area (TPSA) is 83.8 Å². The Morgan fingerprint density at radius 3 is 2.54 bits per heavy atom. The van der Waals surface area contributed by atoms with E-state index in [0.717, 1.165) is 0 Å². The molecule has 2 unspecified atom stereocenters. The van der Waals surface area contributed by atoms with Gasteiger partial charge in [-0.25, -0.2) is 0 Å². The van der Waals surface area contributed by atoms with Crippen molar-refractivity contribution in [2.75, 3.05) is 21.0 Å². The largest absolute Gasteiger partial charge is 0.491 e.